The van der Waals surface area contributed by atoms with E-state index in [4.69, 9.17) is 0 Å². The molecular formula is C12H25N. The standard InChI is InChI=1S/C12H25N/c1-8(2)10(5)11(6)12(13-7)9(3)4/h8-11H,1-7H3. The van der Waals surface area contributed by atoms with Crippen molar-refractivity contribution in [1.29, 1.82) is 0 Å². The van der Waals surface area contributed by atoms with Crippen molar-refractivity contribution in [2.75, 3.05) is 7.05 Å². The molecule has 0 aliphatic heterocycles. The van der Waals surface area contributed by atoms with Crippen LogP contribution in [-0.4, -0.2) is 12.8 Å². The normalized spacial score (nSPS) is 18.1. The summed E-state index contributed by atoms with van der Waals surface area (Å²) in [5.41, 5.74) is 1.36. The van der Waals surface area contributed by atoms with Crippen LogP contribution in [0.1, 0.15) is 41.5 Å². The Bertz CT molecular complexity index is 168. The molecule has 0 bridgehead atoms. The van der Waals surface area contributed by atoms with Crippen molar-refractivity contribution in [3.05, 3.63) is 0 Å². The van der Waals surface area contributed by atoms with Crippen LogP contribution in [0.4, 0.5) is 0 Å². The number of rotatable bonds is 4. The molecule has 0 amide bonds. The molecule has 0 aromatic heterocycles. The van der Waals surface area contributed by atoms with Crippen molar-refractivity contribution in [2.24, 2.45) is 28.7 Å². The summed E-state index contributed by atoms with van der Waals surface area (Å²) in [6.45, 7) is 13.6. The predicted octanol–water partition coefficient (Wildman–Crippen LogP) is 3.64. The summed E-state index contributed by atoms with van der Waals surface area (Å²) < 4.78 is 0. The first-order valence-corrected chi connectivity index (χ1v) is 5.38. The Morgan fingerprint density at radius 2 is 1.38 bits per heavy atom. The molecule has 0 radical (unpaired) electrons. The van der Waals surface area contributed by atoms with Crippen LogP contribution < -0.4 is 0 Å². The molecule has 0 aliphatic carbocycles. The lowest BCUT2D eigenvalue weighted by atomic mass is 9.80. The largest absolute Gasteiger partial charge is 0.297 e. The Hall–Kier alpha value is -0.330. The molecule has 0 saturated heterocycles. The third kappa shape index (κ3) is 3.50. The van der Waals surface area contributed by atoms with Crippen LogP contribution in [0.5, 0.6) is 0 Å². The molecule has 0 rings (SSSR count). The van der Waals surface area contributed by atoms with Gasteiger partial charge in [0, 0.05) is 12.8 Å². The Labute approximate surface area is 83.6 Å². The Kier molecular flexibility index (Phi) is 5.27. The SMILES string of the molecule is CN=C(C(C)C)C(C)C(C)C(C)C. The van der Waals surface area contributed by atoms with Gasteiger partial charge in [-0.25, -0.2) is 0 Å². The van der Waals surface area contributed by atoms with Crippen LogP contribution in [0.25, 0.3) is 0 Å². The summed E-state index contributed by atoms with van der Waals surface area (Å²) in [5, 5.41) is 0. The molecule has 0 spiro atoms. The monoisotopic (exact) mass is 183 g/mol. The summed E-state index contributed by atoms with van der Waals surface area (Å²) in [5.74, 6) is 2.66. The fraction of sp³-hybridized carbons (Fsp3) is 0.917. The van der Waals surface area contributed by atoms with Gasteiger partial charge in [0.15, 0.2) is 0 Å². The molecular weight excluding hydrogens is 158 g/mol. The molecule has 78 valence electrons. The quantitative estimate of drug-likeness (QED) is 0.590. The number of hydrogen-bond acceptors (Lipinski definition) is 1. The summed E-state index contributed by atoms with van der Waals surface area (Å²) in [6, 6.07) is 0. The van der Waals surface area contributed by atoms with Crippen LogP contribution >= 0.6 is 0 Å². The van der Waals surface area contributed by atoms with Gasteiger partial charge in [0.2, 0.25) is 0 Å². The zero-order valence-corrected chi connectivity index (χ0v) is 10.3. The second-order valence-corrected chi connectivity index (χ2v) is 4.69. The average Bonchev–Trinajstić information content (AvgIpc) is 2.03. The van der Waals surface area contributed by atoms with Gasteiger partial charge in [0.25, 0.3) is 0 Å². The lowest BCUT2D eigenvalue weighted by molar-refractivity contribution is 0.352. The maximum Gasteiger partial charge on any atom is 0.0276 e. The van der Waals surface area contributed by atoms with E-state index in [1.165, 1.54) is 5.71 Å². The summed E-state index contributed by atoms with van der Waals surface area (Å²) >= 11 is 0. The van der Waals surface area contributed by atoms with Crippen molar-refractivity contribution in [3.63, 3.8) is 0 Å². The van der Waals surface area contributed by atoms with E-state index in [9.17, 15) is 0 Å². The average molecular weight is 183 g/mol. The molecule has 0 aliphatic rings. The lowest BCUT2D eigenvalue weighted by Crippen LogP contribution is -2.26. The van der Waals surface area contributed by atoms with Gasteiger partial charge in [-0.15, -0.1) is 0 Å². The number of aliphatic imine (C=N–C) groups is 1. The van der Waals surface area contributed by atoms with E-state index < -0.39 is 0 Å². The minimum absolute atomic E-state index is 0.584. The molecule has 1 nitrogen and oxygen atoms in total. The van der Waals surface area contributed by atoms with Crippen LogP contribution in [0, 0.1) is 23.7 Å². The van der Waals surface area contributed by atoms with Gasteiger partial charge in [-0.3, -0.25) is 4.99 Å². The summed E-state index contributed by atoms with van der Waals surface area (Å²) in [7, 11) is 1.92. The Balaban J connectivity index is 4.47. The van der Waals surface area contributed by atoms with E-state index in [1.807, 2.05) is 7.05 Å². The summed E-state index contributed by atoms with van der Waals surface area (Å²) in [4.78, 5) is 4.41. The van der Waals surface area contributed by atoms with Gasteiger partial charge in [-0.2, -0.15) is 0 Å². The van der Waals surface area contributed by atoms with Gasteiger partial charge in [0.05, 0.1) is 0 Å². The van der Waals surface area contributed by atoms with E-state index in [0.717, 1.165) is 11.8 Å². The fourth-order valence-corrected chi connectivity index (χ4v) is 1.83. The highest BCUT2D eigenvalue weighted by Crippen LogP contribution is 2.24. The number of hydrogen-bond donors (Lipinski definition) is 0. The van der Waals surface area contributed by atoms with E-state index in [-0.39, 0.29) is 0 Å². The van der Waals surface area contributed by atoms with Crippen molar-refractivity contribution in [2.45, 2.75) is 41.5 Å². The zero-order chi connectivity index (χ0) is 10.6. The molecule has 0 saturated carbocycles. The zero-order valence-electron chi connectivity index (χ0n) is 10.3. The highest BCUT2D eigenvalue weighted by atomic mass is 14.7. The van der Waals surface area contributed by atoms with Crippen molar-refractivity contribution in [1.82, 2.24) is 0 Å². The van der Waals surface area contributed by atoms with Gasteiger partial charge in [-0.05, 0) is 23.7 Å². The van der Waals surface area contributed by atoms with Crippen molar-refractivity contribution >= 4 is 5.71 Å². The van der Waals surface area contributed by atoms with Gasteiger partial charge < -0.3 is 0 Å². The smallest absolute Gasteiger partial charge is 0.0276 e. The van der Waals surface area contributed by atoms with Gasteiger partial charge >= 0.3 is 0 Å². The van der Waals surface area contributed by atoms with E-state index >= 15 is 0 Å². The van der Waals surface area contributed by atoms with Crippen LogP contribution in [-0.2, 0) is 0 Å². The van der Waals surface area contributed by atoms with E-state index in [1.54, 1.807) is 0 Å². The van der Waals surface area contributed by atoms with Crippen LogP contribution in [0.3, 0.4) is 0 Å². The molecule has 2 unspecified atom stereocenters. The molecule has 0 N–H and O–H groups in total. The van der Waals surface area contributed by atoms with E-state index in [2.05, 4.69) is 46.5 Å². The van der Waals surface area contributed by atoms with Crippen LogP contribution in [0.2, 0.25) is 0 Å². The third-order valence-corrected chi connectivity index (χ3v) is 3.16. The molecule has 2 atom stereocenters. The van der Waals surface area contributed by atoms with Gasteiger partial charge in [-0.1, -0.05) is 41.5 Å². The minimum atomic E-state index is 0.584. The van der Waals surface area contributed by atoms with Gasteiger partial charge in [0.1, 0.15) is 0 Å². The highest BCUT2D eigenvalue weighted by Gasteiger charge is 2.21. The molecule has 0 heterocycles. The maximum atomic E-state index is 4.41. The second kappa shape index (κ2) is 5.41. The summed E-state index contributed by atoms with van der Waals surface area (Å²) in [6.07, 6.45) is 0. The van der Waals surface area contributed by atoms with Crippen LogP contribution in [0.15, 0.2) is 4.99 Å². The fourth-order valence-electron chi connectivity index (χ4n) is 1.83. The molecule has 0 aromatic rings. The molecule has 13 heavy (non-hydrogen) atoms. The highest BCUT2D eigenvalue weighted by molar-refractivity contribution is 5.88. The topological polar surface area (TPSA) is 12.4 Å². The lowest BCUT2D eigenvalue weighted by Gasteiger charge is -2.26. The predicted molar refractivity (Wildman–Crippen MR) is 61.4 cm³/mol. The first-order valence-electron chi connectivity index (χ1n) is 5.38. The van der Waals surface area contributed by atoms with E-state index in [0.29, 0.717) is 11.8 Å². The molecule has 0 fully saturated rings. The first-order chi connectivity index (χ1) is 5.91. The van der Waals surface area contributed by atoms with Crippen molar-refractivity contribution in [3.8, 4) is 0 Å². The Morgan fingerprint density at radius 1 is 0.923 bits per heavy atom. The van der Waals surface area contributed by atoms with Crippen molar-refractivity contribution < 1.29 is 0 Å². The maximum absolute atomic E-state index is 4.41. The molecule has 0 aromatic carbocycles. The first kappa shape index (κ1) is 12.7. The minimum Gasteiger partial charge on any atom is -0.297 e. The second-order valence-electron chi connectivity index (χ2n) is 4.69. The third-order valence-electron chi connectivity index (χ3n) is 3.16. The Morgan fingerprint density at radius 3 is 1.62 bits per heavy atom. The number of nitrogens with zero attached hydrogens (tertiary/aromatic N) is 1. The molecule has 1 heteroatoms.